The molecule has 170 valence electrons. The van der Waals surface area contributed by atoms with E-state index in [0.29, 0.717) is 29.0 Å². The van der Waals surface area contributed by atoms with Crippen LogP contribution >= 0.6 is 0 Å². The maximum absolute atomic E-state index is 13.3. The van der Waals surface area contributed by atoms with Crippen molar-refractivity contribution in [3.05, 3.63) is 76.8 Å². The van der Waals surface area contributed by atoms with Crippen LogP contribution in [0.1, 0.15) is 5.56 Å². The fourth-order valence-corrected chi connectivity index (χ4v) is 4.63. The predicted octanol–water partition coefficient (Wildman–Crippen LogP) is 3.27. The van der Waals surface area contributed by atoms with E-state index in [0.717, 1.165) is 29.1 Å². The quantitative estimate of drug-likeness (QED) is 0.431. The maximum atomic E-state index is 13.3. The Morgan fingerprint density at radius 1 is 1.12 bits per heavy atom. The van der Waals surface area contributed by atoms with Gasteiger partial charge in [0.2, 0.25) is 5.95 Å². The summed E-state index contributed by atoms with van der Waals surface area (Å²) in [6.07, 6.45) is 3.18. The van der Waals surface area contributed by atoms with Crippen LogP contribution in [0.2, 0.25) is 0 Å². The zero-order valence-corrected chi connectivity index (χ0v) is 18.8. The van der Waals surface area contributed by atoms with Crippen molar-refractivity contribution in [2.75, 3.05) is 30.4 Å². The third kappa shape index (κ3) is 3.24. The Balaban J connectivity index is 1.36. The molecule has 0 bridgehead atoms. The molecule has 0 aliphatic carbocycles. The van der Waals surface area contributed by atoms with Crippen LogP contribution in [0.5, 0.6) is 5.75 Å². The van der Waals surface area contributed by atoms with E-state index in [9.17, 15) is 4.79 Å². The van der Waals surface area contributed by atoms with Gasteiger partial charge in [0, 0.05) is 13.2 Å². The lowest BCUT2D eigenvalue weighted by atomic mass is 10.1. The summed E-state index contributed by atoms with van der Waals surface area (Å²) in [5.41, 5.74) is 3.99. The third-order valence-electron chi connectivity index (χ3n) is 6.18. The van der Waals surface area contributed by atoms with Crippen LogP contribution < -0.4 is 20.5 Å². The summed E-state index contributed by atoms with van der Waals surface area (Å²) in [5, 5.41) is 11.5. The summed E-state index contributed by atoms with van der Waals surface area (Å²) in [5.74, 6) is 1.30. The van der Waals surface area contributed by atoms with Crippen LogP contribution in [-0.2, 0) is 0 Å². The number of hydrogen-bond donors (Lipinski definition) is 2. The average molecular weight is 454 g/mol. The molecule has 0 fully saturated rings. The number of hydrogen-bond acceptors (Lipinski definition) is 7. The van der Waals surface area contributed by atoms with E-state index in [1.807, 2.05) is 42.5 Å². The molecule has 4 heterocycles. The van der Waals surface area contributed by atoms with Crippen LogP contribution in [0.25, 0.3) is 27.6 Å². The number of nitrogens with one attached hydrogen (secondary N) is 2. The summed E-state index contributed by atoms with van der Waals surface area (Å²) < 4.78 is 7.82. The van der Waals surface area contributed by atoms with Crippen molar-refractivity contribution in [2.24, 2.45) is 0 Å². The molecule has 2 aromatic carbocycles. The molecule has 2 N–H and O–H groups in total. The van der Waals surface area contributed by atoms with Crippen LogP contribution in [0.3, 0.4) is 0 Å². The average Bonchev–Trinajstić information content (AvgIpc) is 3.34. The molecule has 1 aliphatic heterocycles. The first kappa shape index (κ1) is 20.2. The normalized spacial score (nSPS) is 15.4. The van der Waals surface area contributed by atoms with Gasteiger partial charge in [-0.15, -0.1) is 0 Å². The highest BCUT2D eigenvalue weighted by atomic mass is 16.5. The lowest BCUT2D eigenvalue weighted by molar-refractivity contribution is 0.208. The monoisotopic (exact) mass is 453 g/mol. The molecule has 9 heteroatoms. The number of benzene rings is 2. The van der Waals surface area contributed by atoms with E-state index in [1.54, 1.807) is 17.0 Å². The highest BCUT2D eigenvalue weighted by Crippen LogP contribution is 2.35. The van der Waals surface area contributed by atoms with Gasteiger partial charge in [-0.25, -0.2) is 4.98 Å². The minimum atomic E-state index is -0.184. The van der Waals surface area contributed by atoms with Crippen molar-refractivity contribution >= 4 is 33.6 Å². The lowest BCUT2D eigenvalue weighted by Gasteiger charge is -2.35. The van der Waals surface area contributed by atoms with Crippen molar-refractivity contribution in [2.45, 2.75) is 13.0 Å². The second-order valence-corrected chi connectivity index (χ2v) is 8.49. The number of aromatic amines is 1. The Hall–Kier alpha value is -4.40. The van der Waals surface area contributed by atoms with Gasteiger partial charge in [-0.2, -0.15) is 10.1 Å². The first-order valence-corrected chi connectivity index (χ1v) is 11.1. The fraction of sp³-hybridized carbons (Fsp3) is 0.200. The number of pyridine rings is 1. The molecule has 1 unspecified atom stereocenters. The molecule has 0 amide bonds. The lowest BCUT2D eigenvalue weighted by Crippen LogP contribution is -2.42. The van der Waals surface area contributed by atoms with Gasteiger partial charge >= 0.3 is 0 Å². The largest absolute Gasteiger partial charge is 0.485 e. The predicted molar refractivity (Wildman–Crippen MR) is 132 cm³/mol. The second kappa shape index (κ2) is 7.87. The smallest absolute Gasteiger partial charge is 0.267 e. The summed E-state index contributed by atoms with van der Waals surface area (Å²) in [7, 11) is 2.07. The van der Waals surface area contributed by atoms with E-state index in [-0.39, 0.29) is 11.7 Å². The molecular weight excluding hydrogens is 430 g/mol. The SMILES string of the molecule is Cc1cccc2c1N(C)CC(CNc1ncc3c4[nH]ncc4c(=O)n(-c4ccccc4)c3n1)O2. The first-order chi connectivity index (χ1) is 16.6. The topological polar surface area (TPSA) is 101 Å². The van der Waals surface area contributed by atoms with Crippen LogP contribution in [0.15, 0.2) is 65.7 Å². The van der Waals surface area contributed by atoms with Crippen molar-refractivity contribution in [1.29, 1.82) is 0 Å². The number of rotatable bonds is 4. The van der Waals surface area contributed by atoms with Gasteiger partial charge in [0.25, 0.3) is 5.56 Å². The second-order valence-electron chi connectivity index (χ2n) is 8.49. The summed E-state index contributed by atoms with van der Waals surface area (Å²) in [6, 6.07) is 15.5. The highest BCUT2D eigenvalue weighted by Gasteiger charge is 2.25. The Bertz CT molecular complexity index is 1580. The number of nitrogens with zero attached hydrogens (tertiary/aromatic N) is 5. The van der Waals surface area contributed by atoms with Gasteiger partial charge in [-0.05, 0) is 30.7 Å². The summed E-state index contributed by atoms with van der Waals surface area (Å²) in [4.78, 5) is 24.7. The van der Waals surface area contributed by atoms with Crippen LogP contribution in [0.4, 0.5) is 11.6 Å². The van der Waals surface area contributed by atoms with E-state index in [2.05, 4.69) is 45.4 Å². The van der Waals surface area contributed by atoms with E-state index in [1.165, 1.54) is 5.56 Å². The van der Waals surface area contributed by atoms with E-state index < -0.39 is 0 Å². The van der Waals surface area contributed by atoms with Gasteiger partial charge in [-0.1, -0.05) is 30.3 Å². The summed E-state index contributed by atoms with van der Waals surface area (Å²) >= 11 is 0. The zero-order chi connectivity index (χ0) is 23.2. The van der Waals surface area contributed by atoms with Crippen molar-refractivity contribution in [3.63, 3.8) is 0 Å². The van der Waals surface area contributed by atoms with Gasteiger partial charge in [0.15, 0.2) is 5.65 Å². The minimum absolute atomic E-state index is 0.0787. The molecule has 0 spiro atoms. The minimum Gasteiger partial charge on any atom is -0.485 e. The number of aromatic nitrogens is 5. The van der Waals surface area contributed by atoms with Gasteiger partial charge < -0.3 is 15.0 Å². The molecule has 1 atom stereocenters. The zero-order valence-electron chi connectivity index (χ0n) is 18.8. The molecule has 0 radical (unpaired) electrons. The number of anilines is 2. The molecule has 0 saturated carbocycles. The molecule has 34 heavy (non-hydrogen) atoms. The van der Waals surface area contributed by atoms with Gasteiger partial charge in [0.1, 0.15) is 11.9 Å². The maximum Gasteiger partial charge on any atom is 0.267 e. The standard InChI is InChI=1S/C25H23N7O2/c1-15-7-6-10-20-22(15)31(2)14-17(34-20)11-26-25-27-12-18-21-19(13-28-30-21)24(33)32(23(18)29-25)16-8-4-3-5-9-16/h3-10,12-13,17H,11,14H2,1-2H3,(H,28,30)(H,26,27,29). The number of fused-ring (bicyclic) bond motifs is 4. The van der Waals surface area contributed by atoms with Crippen molar-refractivity contribution in [3.8, 4) is 11.4 Å². The highest BCUT2D eigenvalue weighted by molar-refractivity contribution is 6.02. The third-order valence-corrected chi connectivity index (χ3v) is 6.18. The number of para-hydroxylation sites is 2. The van der Waals surface area contributed by atoms with Gasteiger partial charge in [-0.3, -0.25) is 14.5 Å². The Morgan fingerprint density at radius 2 is 1.97 bits per heavy atom. The molecule has 1 aliphatic rings. The molecule has 5 aromatic rings. The van der Waals surface area contributed by atoms with Gasteiger partial charge in [0.05, 0.1) is 47.0 Å². The van der Waals surface area contributed by atoms with Crippen molar-refractivity contribution < 1.29 is 4.74 Å². The Kier molecular flexibility index (Phi) is 4.68. The number of likely N-dealkylation sites (N-methyl/N-ethyl adjacent to an activating group) is 1. The molecular formula is C25H23N7O2. The van der Waals surface area contributed by atoms with Crippen molar-refractivity contribution in [1.82, 2.24) is 24.7 Å². The number of aryl methyl sites for hydroxylation is 1. The van der Waals surface area contributed by atoms with Crippen LogP contribution in [0, 0.1) is 6.92 Å². The Labute approximate surface area is 195 Å². The molecule has 3 aromatic heterocycles. The fourth-order valence-electron chi connectivity index (χ4n) is 4.63. The summed E-state index contributed by atoms with van der Waals surface area (Å²) in [6.45, 7) is 3.34. The molecule has 6 rings (SSSR count). The van der Waals surface area contributed by atoms with E-state index >= 15 is 0 Å². The number of ether oxygens (including phenoxy) is 1. The Morgan fingerprint density at radius 3 is 2.82 bits per heavy atom. The molecule has 0 saturated heterocycles. The molecule has 9 nitrogen and oxygen atoms in total. The van der Waals surface area contributed by atoms with E-state index in [4.69, 9.17) is 9.72 Å². The first-order valence-electron chi connectivity index (χ1n) is 11.1. The number of H-pyrrole nitrogens is 1. The van der Waals surface area contributed by atoms with Crippen LogP contribution in [-0.4, -0.2) is 51.0 Å².